The summed E-state index contributed by atoms with van der Waals surface area (Å²) in [5, 5.41) is 8.29. The van der Waals surface area contributed by atoms with Crippen LogP contribution in [-0.4, -0.2) is 23.5 Å². The van der Waals surface area contributed by atoms with Crippen molar-refractivity contribution in [3.8, 4) is 0 Å². The number of amides is 1. The molecule has 0 spiro atoms. The fourth-order valence-corrected chi connectivity index (χ4v) is 2.36. The molecule has 1 aliphatic rings. The number of nitrogen functional groups attached to an aromatic ring is 1. The molecule has 1 amide bonds. The average Bonchev–Trinajstić information content (AvgIpc) is 3.25. The minimum Gasteiger partial charge on any atom is -0.398 e. The molecule has 1 heterocycles. The number of benzene rings is 1. The first-order chi connectivity index (χ1) is 10.1. The number of fused-ring (bicyclic) bond motifs is 1. The number of pyridine rings is 1. The standard InChI is InChI=1S/C16H20N4O/c1-10-8-12-13(9-19-10)14(17)4-5-15(12)18-7-6-16(21)20-11-2-3-11/h4-5,8-9,11,18H,2-3,6-7,17H2,1H3,(H,20,21). The van der Waals surface area contributed by atoms with Gasteiger partial charge in [-0.1, -0.05) is 0 Å². The first-order valence-corrected chi connectivity index (χ1v) is 7.31. The maximum absolute atomic E-state index is 11.7. The van der Waals surface area contributed by atoms with E-state index in [0.717, 1.165) is 40.7 Å². The van der Waals surface area contributed by atoms with Gasteiger partial charge in [0.05, 0.1) is 0 Å². The van der Waals surface area contributed by atoms with E-state index in [-0.39, 0.29) is 5.91 Å². The van der Waals surface area contributed by atoms with Gasteiger partial charge in [0.15, 0.2) is 0 Å². The van der Waals surface area contributed by atoms with Gasteiger partial charge in [0.25, 0.3) is 0 Å². The van der Waals surface area contributed by atoms with E-state index >= 15 is 0 Å². The Labute approximate surface area is 123 Å². The third-order valence-electron chi connectivity index (χ3n) is 3.68. The number of hydrogen-bond acceptors (Lipinski definition) is 4. The van der Waals surface area contributed by atoms with Gasteiger partial charge in [0.2, 0.25) is 5.91 Å². The molecule has 4 N–H and O–H groups in total. The molecule has 5 heteroatoms. The van der Waals surface area contributed by atoms with E-state index in [1.54, 1.807) is 6.20 Å². The maximum Gasteiger partial charge on any atom is 0.221 e. The summed E-state index contributed by atoms with van der Waals surface area (Å²) in [4.78, 5) is 16.0. The van der Waals surface area contributed by atoms with Crippen molar-refractivity contribution in [1.82, 2.24) is 10.3 Å². The van der Waals surface area contributed by atoms with Crippen LogP contribution in [0.1, 0.15) is 25.0 Å². The molecule has 1 fully saturated rings. The fourth-order valence-electron chi connectivity index (χ4n) is 2.36. The molecule has 1 saturated carbocycles. The number of aromatic nitrogens is 1. The highest BCUT2D eigenvalue weighted by molar-refractivity contribution is 6.00. The van der Waals surface area contributed by atoms with E-state index in [4.69, 9.17) is 5.73 Å². The molecule has 5 nitrogen and oxygen atoms in total. The monoisotopic (exact) mass is 284 g/mol. The summed E-state index contributed by atoms with van der Waals surface area (Å²) in [5.41, 5.74) is 8.64. The highest BCUT2D eigenvalue weighted by Gasteiger charge is 2.22. The fraction of sp³-hybridized carbons (Fsp3) is 0.375. The second kappa shape index (κ2) is 5.60. The minimum atomic E-state index is 0.114. The lowest BCUT2D eigenvalue weighted by Crippen LogP contribution is -2.27. The van der Waals surface area contributed by atoms with Crippen LogP contribution in [0.25, 0.3) is 10.8 Å². The molecule has 0 atom stereocenters. The van der Waals surface area contributed by atoms with Crippen LogP contribution in [0.4, 0.5) is 11.4 Å². The molecule has 110 valence electrons. The van der Waals surface area contributed by atoms with Crippen LogP contribution in [-0.2, 0) is 4.79 Å². The molecule has 1 aromatic carbocycles. The molecular formula is C16H20N4O. The summed E-state index contributed by atoms with van der Waals surface area (Å²) >= 11 is 0. The number of carbonyl (C=O) groups excluding carboxylic acids is 1. The van der Waals surface area contributed by atoms with Gasteiger partial charge < -0.3 is 16.4 Å². The predicted molar refractivity (Wildman–Crippen MR) is 85.2 cm³/mol. The smallest absolute Gasteiger partial charge is 0.221 e. The van der Waals surface area contributed by atoms with Crippen molar-refractivity contribution in [3.63, 3.8) is 0 Å². The quantitative estimate of drug-likeness (QED) is 0.735. The number of nitrogens with zero attached hydrogens (tertiary/aromatic N) is 1. The minimum absolute atomic E-state index is 0.114. The van der Waals surface area contributed by atoms with Gasteiger partial charge in [-0.3, -0.25) is 9.78 Å². The molecule has 0 unspecified atom stereocenters. The highest BCUT2D eigenvalue weighted by atomic mass is 16.1. The lowest BCUT2D eigenvalue weighted by atomic mass is 10.1. The normalized spacial score (nSPS) is 14.1. The summed E-state index contributed by atoms with van der Waals surface area (Å²) in [6, 6.07) is 6.25. The zero-order chi connectivity index (χ0) is 14.8. The topological polar surface area (TPSA) is 80.0 Å². The Hall–Kier alpha value is -2.30. The van der Waals surface area contributed by atoms with E-state index < -0.39 is 0 Å². The number of nitrogens with one attached hydrogen (secondary N) is 2. The molecule has 21 heavy (non-hydrogen) atoms. The lowest BCUT2D eigenvalue weighted by Gasteiger charge is -2.12. The van der Waals surface area contributed by atoms with Gasteiger partial charge in [-0.15, -0.1) is 0 Å². The Balaban J connectivity index is 1.69. The third-order valence-corrected chi connectivity index (χ3v) is 3.68. The Morgan fingerprint density at radius 1 is 1.38 bits per heavy atom. The summed E-state index contributed by atoms with van der Waals surface area (Å²) in [6.45, 7) is 2.56. The average molecular weight is 284 g/mol. The highest BCUT2D eigenvalue weighted by Crippen LogP contribution is 2.28. The van der Waals surface area contributed by atoms with Crippen molar-refractivity contribution in [2.24, 2.45) is 0 Å². The van der Waals surface area contributed by atoms with Gasteiger partial charge in [0, 0.05) is 53.0 Å². The van der Waals surface area contributed by atoms with Gasteiger partial charge in [0.1, 0.15) is 0 Å². The summed E-state index contributed by atoms with van der Waals surface area (Å²) in [6.07, 6.45) is 4.51. The molecule has 1 aromatic heterocycles. The summed E-state index contributed by atoms with van der Waals surface area (Å²) < 4.78 is 0. The Morgan fingerprint density at radius 3 is 2.95 bits per heavy atom. The van der Waals surface area contributed by atoms with Crippen LogP contribution in [0.5, 0.6) is 0 Å². The van der Waals surface area contributed by atoms with Gasteiger partial charge >= 0.3 is 0 Å². The van der Waals surface area contributed by atoms with E-state index in [1.165, 1.54) is 0 Å². The van der Waals surface area contributed by atoms with Crippen molar-refractivity contribution in [1.29, 1.82) is 0 Å². The molecular weight excluding hydrogens is 264 g/mol. The number of rotatable bonds is 5. The molecule has 3 rings (SSSR count). The lowest BCUT2D eigenvalue weighted by molar-refractivity contribution is -0.120. The molecule has 1 aliphatic carbocycles. The van der Waals surface area contributed by atoms with E-state index in [9.17, 15) is 4.79 Å². The van der Waals surface area contributed by atoms with Gasteiger partial charge in [-0.25, -0.2) is 0 Å². The third kappa shape index (κ3) is 3.24. The number of hydrogen-bond donors (Lipinski definition) is 3. The van der Waals surface area contributed by atoms with Crippen LogP contribution < -0.4 is 16.4 Å². The Bertz CT molecular complexity index is 679. The zero-order valence-corrected chi connectivity index (χ0v) is 12.1. The molecule has 0 saturated heterocycles. The Morgan fingerprint density at radius 2 is 2.19 bits per heavy atom. The SMILES string of the molecule is Cc1cc2c(NCCC(=O)NC3CC3)ccc(N)c2cn1. The van der Waals surface area contributed by atoms with Crippen molar-refractivity contribution in [3.05, 3.63) is 30.1 Å². The van der Waals surface area contributed by atoms with Crippen LogP contribution in [0.2, 0.25) is 0 Å². The molecule has 0 bridgehead atoms. The van der Waals surface area contributed by atoms with Crippen molar-refractivity contribution in [2.45, 2.75) is 32.2 Å². The first kappa shape index (κ1) is 13.7. The molecule has 0 radical (unpaired) electrons. The Kier molecular flexibility index (Phi) is 3.64. The van der Waals surface area contributed by atoms with E-state index in [1.807, 2.05) is 25.1 Å². The van der Waals surface area contributed by atoms with Crippen molar-refractivity contribution in [2.75, 3.05) is 17.6 Å². The second-order valence-electron chi connectivity index (χ2n) is 5.59. The largest absolute Gasteiger partial charge is 0.398 e. The second-order valence-corrected chi connectivity index (χ2v) is 5.59. The van der Waals surface area contributed by atoms with Crippen LogP contribution in [0.3, 0.4) is 0 Å². The van der Waals surface area contributed by atoms with Crippen LogP contribution in [0.15, 0.2) is 24.4 Å². The summed E-state index contributed by atoms with van der Waals surface area (Å²) in [7, 11) is 0. The first-order valence-electron chi connectivity index (χ1n) is 7.31. The van der Waals surface area contributed by atoms with Crippen LogP contribution in [0, 0.1) is 6.92 Å². The van der Waals surface area contributed by atoms with E-state index in [0.29, 0.717) is 19.0 Å². The predicted octanol–water partition coefficient (Wildman–Crippen LogP) is 2.21. The van der Waals surface area contributed by atoms with Crippen molar-refractivity contribution < 1.29 is 4.79 Å². The molecule has 0 aliphatic heterocycles. The summed E-state index contributed by atoms with van der Waals surface area (Å²) in [5.74, 6) is 0.114. The van der Waals surface area contributed by atoms with Gasteiger partial charge in [-0.2, -0.15) is 0 Å². The number of aryl methyl sites for hydroxylation is 1. The molecule has 2 aromatic rings. The van der Waals surface area contributed by atoms with Crippen LogP contribution >= 0.6 is 0 Å². The van der Waals surface area contributed by atoms with E-state index in [2.05, 4.69) is 15.6 Å². The maximum atomic E-state index is 11.7. The zero-order valence-electron chi connectivity index (χ0n) is 12.1. The van der Waals surface area contributed by atoms with Crippen molar-refractivity contribution >= 4 is 28.1 Å². The number of nitrogens with two attached hydrogens (primary N) is 1. The number of anilines is 2. The van der Waals surface area contributed by atoms with Gasteiger partial charge in [-0.05, 0) is 38.0 Å². The number of carbonyl (C=O) groups is 1.